The van der Waals surface area contributed by atoms with Gasteiger partial charge in [-0.05, 0) is 19.1 Å². The normalized spacial score (nSPS) is 10.1. The number of rotatable bonds is 4. The minimum atomic E-state index is -0.750. The van der Waals surface area contributed by atoms with Gasteiger partial charge in [-0.1, -0.05) is 6.07 Å². The topological polar surface area (TPSA) is 118 Å². The van der Waals surface area contributed by atoms with E-state index in [-0.39, 0.29) is 12.1 Å². The number of amides is 1. The SMILES string of the molecule is Cc1nccc(CNC(=O)c2cccc([N+](=O)[O-])c2O)n1. The second-order valence-corrected chi connectivity index (χ2v) is 4.21. The quantitative estimate of drug-likeness (QED) is 0.647. The van der Waals surface area contributed by atoms with Gasteiger partial charge in [0.1, 0.15) is 5.82 Å². The zero-order valence-corrected chi connectivity index (χ0v) is 11.1. The molecule has 1 heterocycles. The minimum Gasteiger partial charge on any atom is -0.502 e. The molecule has 0 fully saturated rings. The van der Waals surface area contributed by atoms with E-state index < -0.39 is 22.3 Å². The molecule has 2 rings (SSSR count). The number of phenolic OH excluding ortho intramolecular Hbond substituents is 1. The molecule has 0 saturated carbocycles. The molecule has 8 heteroatoms. The van der Waals surface area contributed by atoms with Gasteiger partial charge in [0.25, 0.3) is 5.91 Å². The molecule has 0 spiro atoms. The van der Waals surface area contributed by atoms with Crippen molar-refractivity contribution in [3.63, 3.8) is 0 Å². The number of aryl methyl sites for hydroxylation is 1. The number of aromatic nitrogens is 2. The van der Waals surface area contributed by atoms with Gasteiger partial charge >= 0.3 is 5.69 Å². The van der Waals surface area contributed by atoms with Gasteiger partial charge in [0.05, 0.1) is 22.7 Å². The first-order valence-corrected chi connectivity index (χ1v) is 6.02. The molecule has 0 unspecified atom stereocenters. The average molecular weight is 288 g/mol. The first-order valence-electron chi connectivity index (χ1n) is 6.02. The first kappa shape index (κ1) is 14.4. The standard InChI is InChI=1S/C13H12N4O4/c1-8-14-6-5-9(16-8)7-15-13(19)10-3-2-4-11(12(10)18)17(20)21/h2-6,18H,7H2,1H3,(H,15,19). The number of carbonyl (C=O) groups is 1. The lowest BCUT2D eigenvalue weighted by molar-refractivity contribution is -0.385. The van der Waals surface area contributed by atoms with E-state index in [1.54, 1.807) is 19.2 Å². The Labute approximate surface area is 119 Å². The Hall–Kier alpha value is -3.03. The van der Waals surface area contributed by atoms with Crippen molar-refractivity contribution in [3.8, 4) is 5.75 Å². The third-order valence-electron chi connectivity index (χ3n) is 2.72. The molecule has 0 aliphatic carbocycles. The lowest BCUT2D eigenvalue weighted by Crippen LogP contribution is -2.23. The number of phenols is 1. The number of para-hydroxylation sites is 1. The number of aromatic hydroxyl groups is 1. The van der Waals surface area contributed by atoms with Gasteiger partial charge < -0.3 is 10.4 Å². The molecular weight excluding hydrogens is 276 g/mol. The van der Waals surface area contributed by atoms with Gasteiger partial charge in [-0.3, -0.25) is 14.9 Å². The second kappa shape index (κ2) is 5.95. The van der Waals surface area contributed by atoms with Crippen molar-refractivity contribution in [2.75, 3.05) is 0 Å². The van der Waals surface area contributed by atoms with E-state index in [1.165, 1.54) is 12.1 Å². The molecule has 1 aromatic carbocycles. The fourth-order valence-electron chi connectivity index (χ4n) is 1.73. The first-order chi connectivity index (χ1) is 9.99. The molecule has 108 valence electrons. The van der Waals surface area contributed by atoms with Crippen LogP contribution < -0.4 is 5.32 Å². The van der Waals surface area contributed by atoms with Crippen LogP contribution in [0.1, 0.15) is 21.9 Å². The Morgan fingerprint density at radius 3 is 2.86 bits per heavy atom. The van der Waals surface area contributed by atoms with E-state index in [4.69, 9.17) is 0 Å². The maximum absolute atomic E-state index is 12.0. The highest BCUT2D eigenvalue weighted by molar-refractivity contribution is 5.97. The Kier molecular flexibility index (Phi) is 4.07. The van der Waals surface area contributed by atoms with Crippen molar-refractivity contribution in [2.45, 2.75) is 13.5 Å². The van der Waals surface area contributed by atoms with Crippen molar-refractivity contribution in [1.29, 1.82) is 0 Å². The fraction of sp³-hybridized carbons (Fsp3) is 0.154. The summed E-state index contributed by atoms with van der Waals surface area (Å²) in [6.07, 6.45) is 1.56. The van der Waals surface area contributed by atoms with Crippen molar-refractivity contribution in [3.05, 3.63) is 57.7 Å². The zero-order valence-electron chi connectivity index (χ0n) is 11.1. The highest BCUT2D eigenvalue weighted by Gasteiger charge is 2.20. The number of nitro benzene ring substituents is 1. The van der Waals surface area contributed by atoms with Crippen LogP contribution in [0.2, 0.25) is 0 Å². The molecule has 1 aromatic heterocycles. The predicted octanol–water partition coefficient (Wildman–Crippen LogP) is 1.33. The fourth-order valence-corrected chi connectivity index (χ4v) is 1.73. The van der Waals surface area contributed by atoms with Crippen LogP contribution in [-0.2, 0) is 6.54 Å². The van der Waals surface area contributed by atoms with E-state index in [2.05, 4.69) is 15.3 Å². The van der Waals surface area contributed by atoms with Gasteiger partial charge in [0.15, 0.2) is 0 Å². The lowest BCUT2D eigenvalue weighted by Gasteiger charge is -2.07. The van der Waals surface area contributed by atoms with E-state index in [0.29, 0.717) is 11.5 Å². The molecule has 0 bridgehead atoms. The highest BCUT2D eigenvalue weighted by atomic mass is 16.6. The van der Waals surface area contributed by atoms with Crippen LogP contribution in [0.15, 0.2) is 30.5 Å². The molecular formula is C13H12N4O4. The van der Waals surface area contributed by atoms with E-state index in [9.17, 15) is 20.0 Å². The number of carbonyl (C=O) groups excluding carboxylic acids is 1. The van der Waals surface area contributed by atoms with Crippen molar-refractivity contribution in [2.24, 2.45) is 0 Å². The van der Waals surface area contributed by atoms with Crippen LogP contribution in [0.4, 0.5) is 5.69 Å². The summed E-state index contributed by atoms with van der Waals surface area (Å²) in [6, 6.07) is 5.41. The van der Waals surface area contributed by atoms with Crippen LogP contribution >= 0.6 is 0 Å². The van der Waals surface area contributed by atoms with E-state index in [1.807, 2.05) is 0 Å². The Morgan fingerprint density at radius 2 is 2.19 bits per heavy atom. The Balaban J connectivity index is 2.14. The van der Waals surface area contributed by atoms with Gasteiger partial charge in [0, 0.05) is 12.3 Å². The Bertz CT molecular complexity index is 702. The van der Waals surface area contributed by atoms with E-state index >= 15 is 0 Å². The van der Waals surface area contributed by atoms with Gasteiger partial charge in [-0.2, -0.15) is 0 Å². The van der Waals surface area contributed by atoms with Crippen molar-refractivity contribution < 1.29 is 14.8 Å². The smallest absolute Gasteiger partial charge is 0.311 e. The van der Waals surface area contributed by atoms with Crippen LogP contribution in [0.25, 0.3) is 0 Å². The number of nitro groups is 1. The van der Waals surface area contributed by atoms with Gasteiger partial charge in [0.2, 0.25) is 5.75 Å². The molecule has 21 heavy (non-hydrogen) atoms. The molecule has 0 atom stereocenters. The molecule has 0 aliphatic rings. The lowest BCUT2D eigenvalue weighted by atomic mass is 10.1. The molecule has 2 aromatic rings. The van der Waals surface area contributed by atoms with Gasteiger partial charge in [-0.25, -0.2) is 9.97 Å². The summed E-state index contributed by atoms with van der Waals surface area (Å²) in [7, 11) is 0. The molecule has 0 aliphatic heterocycles. The van der Waals surface area contributed by atoms with Crippen LogP contribution in [0.5, 0.6) is 5.75 Å². The summed E-state index contributed by atoms with van der Waals surface area (Å²) >= 11 is 0. The number of hydrogen-bond donors (Lipinski definition) is 2. The molecule has 0 radical (unpaired) electrons. The third kappa shape index (κ3) is 3.30. The maximum atomic E-state index is 12.0. The Morgan fingerprint density at radius 1 is 1.43 bits per heavy atom. The second-order valence-electron chi connectivity index (χ2n) is 4.21. The summed E-state index contributed by atoms with van der Waals surface area (Å²) in [6.45, 7) is 1.85. The summed E-state index contributed by atoms with van der Waals surface area (Å²) in [5.41, 5.74) is -0.0729. The average Bonchev–Trinajstić information content (AvgIpc) is 2.45. The summed E-state index contributed by atoms with van der Waals surface area (Å²) in [5, 5.41) is 23.0. The number of hydrogen-bond acceptors (Lipinski definition) is 6. The summed E-state index contributed by atoms with van der Waals surface area (Å²) in [5.74, 6) is -0.703. The van der Waals surface area contributed by atoms with Crippen LogP contribution in [-0.4, -0.2) is 25.9 Å². The predicted molar refractivity (Wildman–Crippen MR) is 72.7 cm³/mol. The largest absolute Gasteiger partial charge is 0.502 e. The van der Waals surface area contributed by atoms with E-state index in [0.717, 1.165) is 6.07 Å². The summed E-state index contributed by atoms with van der Waals surface area (Å²) < 4.78 is 0. The van der Waals surface area contributed by atoms with Gasteiger partial charge in [-0.15, -0.1) is 0 Å². The van der Waals surface area contributed by atoms with Crippen LogP contribution in [0, 0.1) is 17.0 Å². The molecule has 0 saturated heterocycles. The van der Waals surface area contributed by atoms with Crippen molar-refractivity contribution in [1.82, 2.24) is 15.3 Å². The molecule has 2 N–H and O–H groups in total. The number of nitrogens with zero attached hydrogens (tertiary/aromatic N) is 3. The molecule has 8 nitrogen and oxygen atoms in total. The number of nitrogens with one attached hydrogen (secondary N) is 1. The molecule has 1 amide bonds. The summed E-state index contributed by atoms with van der Waals surface area (Å²) in [4.78, 5) is 30.0. The maximum Gasteiger partial charge on any atom is 0.311 e. The zero-order chi connectivity index (χ0) is 15.4. The van der Waals surface area contributed by atoms with Crippen LogP contribution in [0.3, 0.4) is 0 Å². The van der Waals surface area contributed by atoms with Crippen molar-refractivity contribution >= 4 is 11.6 Å². The minimum absolute atomic E-state index is 0.129. The number of benzene rings is 1. The third-order valence-corrected chi connectivity index (χ3v) is 2.72. The highest BCUT2D eigenvalue weighted by Crippen LogP contribution is 2.29. The monoisotopic (exact) mass is 288 g/mol.